The van der Waals surface area contributed by atoms with Gasteiger partial charge in [-0.05, 0) is 113 Å². The first-order valence-corrected chi connectivity index (χ1v) is 27.1. The second-order valence-electron chi connectivity index (χ2n) is 16.8. The number of ether oxygens (including phenoxy) is 1. The highest BCUT2D eigenvalue weighted by atomic mass is 32.2. The van der Waals surface area contributed by atoms with Gasteiger partial charge in [-0.2, -0.15) is 0 Å². The Labute approximate surface area is 387 Å². The molecule has 0 aliphatic carbocycles. The molecule has 0 saturated carbocycles. The van der Waals surface area contributed by atoms with Crippen molar-refractivity contribution in [3.63, 3.8) is 0 Å². The largest absolute Gasteiger partial charge is 0.458 e. The number of hydrogen-bond acceptors (Lipinski definition) is 3. The van der Waals surface area contributed by atoms with Crippen molar-refractivity contribution in [1.82, 2.24) is 0 Å². The molecule has 0 amide bonds. The maximum Gasteiger partial charge on any atom is 0.190 e. The quantitative estimate of drug-likeness (QED) is 0.111. The van der Waals surface area contributed by atoms with Gasteiger partial charge in [0.1, 0.15) is 11.5 Å². The summed E-state index contributed by atoms with van der Waals surface area (Å²) < 4.78 is 6.94. The molecular weight excluding hydrogens is 839 g/mol. The molecule has 0 saturated heterocycles. The van der Waals surface area contributed by atoms with Crippen molar-refractivity contribution >= 4 is 86.5 Å². The molecule has 2 aliphatic heterocycles. The molecule has 0 fully saturated rings. The lowest BCUT2D eigenvalue weighted by molar-refractivity contribution is 0.487. The van der Waals surface area contributed by atoms with Crippen LogP contribution in [0.3, 0.4) is 0 Å². The van der Waals surface area contributed by atoms with Crippen molar-refractivity contribution in [3.8, 4) is 22.6 Å². The number of hydrogen-bond donors (Lipinski definition) is 0. The highest BCUT2D eigenvalue weighted by Gasteiger charge is 2.52. The fourth-order valence-corrected chi connectivity index (χ4v) is 22.5. The van der Waals surface area contributed by atoms with E-state index in [9.17, 15) is 0 Å². The van der Waals surface area contributed by atoms with Gasteiger partial charge in [-0.15, -0.1) is 0 Å². The number of benzene rings is 10. The van der Waals surface area contributed by atoms with E-state index in [1.165, 1.54) is 62.4 Å². The van der Waals surface area contributed by atoms with Crippen LogP contribution in [0.15, 0.2) is 271 Å². The Kier molecular flexibility index (Phi) is 9.82. The fraction of sp³-hybridized carbons (Fsp3) is 0. The molecule has 0 aromatic heterocycles. The third-order valence-electron chi connectivity index (χ3n) is 13.3. The van der Waals surface area contributed by atoms with Crippen LogP contribution in [0.1, 0.15) is 0 Å². The predicted molar refractivity (Wildman–Crippen MR) is 278 cm³/mol. The number of nitrogens with zero attached hydrogens (tertiary/aromatic N) is 1. The summed E-state index contributed by atoms with van der Waals surface area (Å²) in [6.45, 7) is 0. The standard InChI is InChI=1S/C60H43NOSSi2/c1-5-19-44(20-6-1)45-33-35-46(36-34-45)61(47-37-40-52(41-38-47)64(49-21-7-2-8-22-49,50-23-9-3-10-24-50)51-25-11-4-12-26-51)48-39-42-54-60(43-48)65(57-30-16-13-27-53(57)62-54)58-31-17-14-28-55(58)63-56-29-15-18-32-59(56)65/h1-43H. The third-order valence-corrected chi connectivity index (χ3v) is 24.6. The normalized spacial score (nSPS) is 13.1. The Morgan fingerprint density at radius 3 is 1.28 bits per heavy atom. The first-order valence-electron chi connectivity index (χ1n) is 22.2. The van der Waals surface area contributed by atoms with Crippen LogP contribution in [0, 0.1) is 0 Å². The third kappa shape index (κ3) is 6.38. The van der Waals surface area contributed by atoms with Gasteiger partial charge in [-0.1, -0.05) is 212 Å². The minimum atomic E-state index is -2.90. The van der Waals surface area contributed by atoms with Crippen molar-refractivity contribution in [2.24, 2.45) is 0 Å². The molecule has 0 radical (unpaired) electrons. The van der Waals surface area contributed by atoms with Gasteiger partial charge in [0, 0.05) is 26.9 Å². The zero-order valence-corrected chi connectivity index (χ0v) is 38.4. The molecule has 0 atom stereocenters. The molecule has 10 aromatic carbocycles. The van der Waals surface area contributed by atoms with E-state index in [-0.39, 0.29) is 0 Å². The summed E-state index contributed by atoms with van der Waals surface area (Å²) in [5.41, 5.74) is 5.64. The Bertz CT molecular complexity index is 3110. The average Bonchev–Trinajstić information content (AvgIpc) is 3.38. The first kappa shape index (κ1) is 39.2. The number of fused-ring (bicyclic) bond motifs is 8. The SMILES string of the molecule is c1ccc(-c2ccc(N(c3ccc([Si](c4ccccc4)(c4ccccc4)c4ccccc4)cc3)c3ccc4c(c3)[Si]3(c5ccccc5O4)c4ccccc4Sc4ccccc43)cc2)cc1. The summed E-state index contributed by atoms with van der Waals surface area (Å²) in [7, 11) is -5.64. The molecule has 65 heavy (non-hydrogen) atoms. The van der Waals surface area contributed by atoms with Crippen molar-refractivity contribution in [3.05, 3.63) is 261 Å². The summed E-state index contributed by atoms with van der Waals surface area (Å²) >= 11 is 1.89. The summed E-state index contributed by atoms with van der Waals surface area (Å²) in [5, 5.41) is 10.8. The molecule has 10 aromatic rings. The van der Waals surface area contributed by atoms with Gasteiger partial charge in [-0.3, -0.25) is 0 Å². The Balaban J connectivity index is 1.08. The van der Waals surface area contributed by atoms with Crippen molar-refractivity contribution < 1.29 is 4.74 Å². The van der Waals surface area contributed by atoms with Gasteiger partial charge in [0.05, 0.1) is 0 Å². The summed E-state index contributed by atoms with van der Waals surface area (Å²) in [4.78, 5) is 5.07. The monoisotopic (exact) mass is 881 g/mol. The lowest BCUT2D eigenvalue weighted by atomic mass is 10.0. The van der Waals surface area contributed by atoms with Crippen LogP contribution in [0.4, 0.5) is 17.1 Å². The topological polar surface area (TPSA) is 12.5 Å². The molecule has 12 rings (SSSR count). The predicted octanol–water partition coefficient (Wildman–Crippen LogP) is 10.1. The lowest BCUT2D eigenvalue weighted by Gasteiger charge is -2.43. The summed E-state index contributed by atoms with van der Waals surface area (Å²) in [6.07, 6.45) is 0. The van der Waals surface area contributed by atoms with Gasteiger partial charge in [0.25, 0.3) is 0 Å². The summed E-state index contributed by atoms with van der Waals surface area (Å²) in [6, 6.07) is 96.5. The average molecular weight is 882 g/mol. The van der Waals surface area contributed by atoms with Crippen molar-refractivity contribution in [2.75, 3.05) is 4.90 Å². The molecule has 5 heteroatoms. The van der Waals surface area contributed by atoms with E-state index in [2.05, 4.69) is 266 Å². The number of rotatable bonds is 8. The fourth-order valence-electron chi connectivity index (χ4n) is 10.5. The minimum absolute atomic E-state index is 0.926. The number of anilines is 3. The smallest absolute Gasteiger partial charge is 0.190 e. The van der Waals surface area contributed by atoms with Crippen LogP contribution in [-0.2, 0) is 0 Å². The molecule has 2 heterocycles. The second-order valence-corrected chi connectivity index (χ2v) is 25.3. The Morgan fingerprint density at radius 1 is 0.323 bits per heavy atom. The van der Waals surface area contributed by atoms with Crippen LogP contribution in [0.2, 0.25) is 0 Å². The highest BCUT2D eigenvalue weighted by Crippen LogP contribution is 2.41. The van der Waals surface area contributed by atoms with Gasteiger partial charge < -0.3 is 9.64 Å². The zero-order chi connectivity index (χ0) is 43.2. The Hall–Kier alpha value is -7.42. The van der Waals surface area contributed by atoms with Crippen LogP contribution in [0.25, 0.3) is 11.1 Å². The molecule has 308 valence electrons. The van der Waals surface area contributed by atoms with Crippen molar-refractivity contribution in [2.45, 2.75) is 9.79 Å². The molecule has 2 aliphatic rings. The van der Waals surface area contributed by atoms with Crippen LogP contribution < -0.4 is 51.1 Å². The van der Waals surface area contributed by atoms with Gasteiger partial charge in [-0.25, -0.2) is 0 Å². The van der Waals surface area contributed by atoms with Crippen molar-refractivity contribution in [1.29, 1.82) is 0 Å². The molecular formula is C60H43NOSSi2. The van der Waals surface area contributed by atoms with E-state index in [0.29, 0.717) is 0 Å². The lowest BCUT2D eigenvalue weighted by Crippen LogP contribution is -2.77. The molecule has 0 N–H and O–H groups in total. The van der Waals surface area contributed by atoms with Gasteiger partial charge >= 0.3 is 0 Å². The van der Waals surface area contributed by atoms with E-state index < -0.39 is 16.1 Å². The van der Waals surface area contributed by atoms with Gasteiger partial charge in [0.15, 0.2) is 16.1 Å². The first-order chi connectivity index (χ1) is 32.2. The number of para-hydroxylation sites is 1. The Morgan fingerprint density at radius 2 is 0.723 bits per heavy atom. The van der Waals surface area contributed by atoms with Crippen LogP contribution in [-0.4, -0.2) is 16.1 Å². The maximum atomic E-state index is 6.94. The molecule has 0 unspecified atom stereocenters. The van der Waals surface area contributed by atoms with Crippen LogP contribution >= 0.6 is 11.8 Å². The molecule has 1 spiro atoms. The van der Waals surface area contributed by atoms with E-state index in [4.69, 9.17) is 4.74 Å². The van der Waals surface area contributed by atoms with E-state index in [1.807, 2.05) is 11.8 Å². The minimum Gasteiger partial charge on any atom is -0.458 e. The van der Waals surface area contributed by atoms with Gasteiger partial charge in [0.2, 0.25) is 0 Å². The van der Waals surface area contributed by atoms with E-state index in [0.717, 1.165) is 28.6 Å². The zero-order valence-electron chi connectivity index (χ0n) is 35.6. The maximum absolute atomic E-state index is 6.94. The van der Waals surface area contributed by atoms with E-state index >= 15 is 0 Å². The molecule has 0 bridgehead atoms. The highest BCUT2D eigenvalue weighted by molar-refractivity contribution is 8.00. The van der Waals surface area contributed by atoms with Crippen LogP contribution in [0.5, 0.6) is 11.5 Å². The molecule has 2 nitrogen and oxygen atoms in total. The van der Waals surface area contributed by atoms with E-state index in [1.54, 1.807) is 0 Å². The summed E-state index contributed by atoms with van der Waals surface area (Å²) in [5.74, 6) is 1.87. The second kappa shape index (κ2) is 16.3.